The van der Waals surface area contributed by atoms with E-state index in [9.17, 15) is 4.39 Å². The van der Waals surface area contributed by atoms with E-state index in [1.54, 1.807) is 0 Å². The number of furan rings is 2. The zero-order valence-electron chi connectivity index (χ0n) is 41.4. The predicted molar refractivity (Wildman–Crippen MR) is 295 cm³/mol. The van der Waals surface area contributed by atoms with Crippen LogP contribution >= 0.6 is 0 Å². The van der Waals surface area contributed by atoms with Crippen molar-refractivity contribution in [1.82, 2.24) is 0 Å². The maximum Gasteiger partial charge on any atom is 0.159 e. The van der Waals surface area contributed by atoms with E-state index in [0.717, 1.165) is 111 Å². The summed E-state index contributed by atoms with van der Waals surface area (Å²) < 4.78 is 27.7. The number of rotatable bonds is 14. The molecule has 0 bridgehead atoms. The topological polar surface area (TPSA) is 32.8 Å². The highest BCUT2D eigenvalue weighted by molar-refractivity contribution is 6.02. The lowest BCUT2D eigenvalue weighted by molar-refractivity contribution is 0.570. The van der Waals surface area contributed by atoms with Crippen molar-refractivity contribution in [2.45, 2.75) is 67.7 Å². The van der Waals surface area contributed by atoms with Crippen molar-refractivity contribution < 1.29 is 13.2 Å². The average Bonchev–Trinajstić information content (AvgIpc) is 3.80. The maximum absolute atomic E-state index is 14.5. The molecule has 4 nitrogen and oxygen atoms in total. The van der Waals surface area contributed by atoms with Crippen LogP contribution in [0.4, 0.5) is 27.1 Å². The minimum atomic E-state index is -0.285. The van der Waals surface area contributed by atoms with E-state index >= 15 is 0 Å². The van der Waals surface area contributed by atoms with Crippen molar-refractivity contribution >= 4 is 81.1 Å². The van der Waals surface area contributed by atoms with Crippen molar-refractivity contribution in [2.24, 2.45) is 5.92 Å². The van der Waals surface area contributed by atoms with Crippen LogP contribution in [0.5, 0.6) is 0 Å². The standard InChI is InChI=1S/C64H63FN2O2/c1-13-43(10)58-39-59-46(28-36-54(58)44(11)66(48-34-30-47(65)31-35-48)38-18-17-21-55-45(12)68-63-53(41(7)8)22-19-23-57(55)63)29-37-60(51(59)15-3)67(49-32-26-42(9)27-33-49)61-25-20-24-56-52(16-4)62(69-64(56)61)50(14-2)40(5)6/h13-37,40-41H,1,3-4,12,38-39H2,2,5-11H3/b18-17-,50-14-,54-44+,55-21+,58-43-. The lowest BCUT2D eigenvalue weighted by atomic mass is 9.89. The Labute approximate surface area is 407 Å². The monoisotopic (exact) mass is 910 g/mol. The normalized spacial score (nSPS) is 14.8. The van der Waals surface area contributed by atoms with Gasteiger partial charge < -0.3 is 18.6 Å². The third-order valence-electron chi connectivity index (χ3n) is 13.5. The molecule has 0 unspecified atom stereocenters. The van der Waals surface area contributed by atoms with E-state index < -0.39 is 0 Å². The van der Waals surface area contributed by atoms with Crippen molar-refractivity contribution in [3.8, 4) is 0 Å². The van der Waals surface area contributed by atoms with E-state index in [4.69, 9.17) is 8.83 Å². The van der Waals surface area contributed by atoms with Gasteiger partial charge in [0.1, 0.15) is 22.6 Å². The second kappa shape index (κ2) is 20.3. The number of hydrogen-bond acceptors (Lipinski definition) is 4. The van der Waals surface area contributed by atoms with Gasteiger partial charge in [0, 0.05) is 50.7 Å². The van der Waals surface area contributed by atoms with Gasteiger partial charge in [-0.1, -0.05) is 163 Å². The van der Waals surface area contributed by atoms with Crippen molar-refractivity contribution in [3.05, 3.63) is 225 Å². The molecule has 0 saturated heterocycles. The van der Waals surface area contributed by atoms with Gasteiger partial charge in [-0.15, -0.1) is 0 Å². The van der Waals surface area contributed by atoms with E-state index in [1.165, 1.54) is 17.7 Å². The molecule has 0 amide bonds. The van der Waals surface area contributed by atoms with Gasteiger partial charge in [0.05, 0.1) is 11.4 Å². The molecule has 7 aromatic rings. The highest BCUT2D eigenvalue weighted by Gasteiger charge is 2.27. The van der Waals surface area contributed by atoms with Crippen LogP contribution in [-0.4, -0.2) is 6.54 Å². The van der Waals surface area contributed by atoms with Crippen LogP contribution in [0.3, 0.4) is 0 Å². The molecule has 1 aliphatic rings. The Bertz CT molecular complexity index is 3400. The summed E-state index contributed by atoms with van der Waals surface area (Å²) >= 11 is 0. The molecule has 0 spiro atoms. The van der Waals surface area contributed by atoms with Crippen molar-refractivity contribution in [3.63, 3.8) is 0 Å². The van der Waals surface area contributed by atoms with Crippen LogP contribution < -0.4 is 20.4 Å². The Morgan fingerprint density at radius 3 is 2.13 bits per heavy atom. The number of para-hydroxylation sites is 2. The van der Waals surface area contributed by atoms with Gasteiger partial charge in [-0.2, -0.15) is 0 Å². The Balaban J connectivity index is 1.25. The second-order valence-corrected chi connectivity index (χ2v) is 18.4. The fourth-order valence-electron chi connectivity index (χ4n) is 9.73. The number of aryl methyl sites for hydroxylation is 1. The number of benzene rings is 5. The van der Waals surface area contributed by atoms with Gasteiger partial charge in [-0.3, -0.25) is 0 Å². The van der Waals surface area contributed by atoms with E-state index in [1.807, 2.05) is 30.4 Å². The molecule has 0 saturated carbocycles. The molecule has 0 N–H and O–H groups in total. The number of anilines is 4. The number of halogens is 1. The summed E-state index contributed by atoms with van der Waals surface area (Å²) in [6.45, 7) is 34.9. The molecule has 0 radical (unpaired) electrons. The summed E-state index contributed by atoms with van der Waals surface area (Å²) in [5.74, 6) is 1.13. The zero-order valence-corrected chi connectivity index (χ0v) is 41.4. The third kappa shape index (κ3) is 9.22. The van der Waals surface area contributed by atoms with Crippen LogP contribution in [0.2, 0.25) is 0 Å². The molecule has 348 valence electrons. The molecular formula is C64H63FN2O2. The van der Waals surface area contributed by atoms with Gasteiger partial charge in [-0.25, -0.2) is 4.39 Å². The minimum Gasteiger partial charge on any atom is -0.456 e. The van der Waals surface area contributed by atoms with Gasteiger partial charge >= 0.3 is 0 Å². The Kier molecular flexibility index (Phi) is 14.1. The van der Waals surface area contributed by atoms with Gasteiger partial charge in [0.15, 0.2) is 5.58 Å². The molecule has 8 rings (SSSR count). The highest BCUT2D eigenvalue weighted by Crippen LogP contribution is 2.47. The Morgan fingerprint density at radius 2 is 1.46 bits per heavy atom. The smallest absolute Gasteiger partial charge is 0.159 e. The quantitative estimate of drug-likeness (QED) is 0.109. The summed E-state index contributed by atoms with van der Waals surface area (Å²) in [7, 11) is 0. The van der Waals surface area contributed by atoms with E-state index in [2.05, 4.69) is 201 Å². The van der Waals surface area contributed by atoms with Crippen molar-refractivity contribution in [1.29, 1.82) is 0 Å². The number of fused-ring (bicyclic) bond motifs is 3. The molecule has 0 atom stereocenters. The third-order valence-corrected chi connectivity index (χ3v) is 13.5. The van der Waals surface area contributed by atoms with Crippen LogP contribution in [0.1, 0.15) is 93.5 Å². The van der Waals surface area contributed by atoms with Crippen LogP contribution in [0.15, 0.2) is 178 Å². The lowest BCUT2D eigenvalue weighted by Crippen LogP contribution is -2.23. The number of hydrogen-bond donors (Lipinski definition) is 0. The van der Waals surface area contributed by atoms with Crippen LogP contribution in [0.25, 0.3) is 58.4 Å². The summed E-state index contributed by atoms with van der Waals surface area (Å²) in [6.07, 6.45) is 19.3. The Morgan fingerprint density at radius 1 is 0.768 bits per heavy atom. The maximum atomic E-state index is 14.5. The van der Waals surface area contributed by atoms with E-state index in [-0.39, 0.29) is 11.7 Å². The fraction of sp³-hybridized carbons (Fsp3) is 0.188. The molecule has 69 heavy (non-hydrogen) atoms. The summed E-state index contributed by atoms with van der Waals surface area (Å²) in [5, 5.41) is 3.01. The summed E-state index contributed by atoms with van der Waals surface area (Å²) in [5.41, 5.74) is 18.1. The molecule has 2 heterocycles. The fourth-order valence-corrected chi connectivity index (χ4v) is 9.73. The SMILES string of the molecule is C=C/C(C)=C1/Cc2c(ccc(N(c3ccc(C)cc3)c3cccc4c(C=C)c(/C(=C\C)C(C)C)oc34)c2C=C)C=C/C1=C(/C)N(C/C=C\C=c1/c(=C)oc2c(C(C)C)cccc12)c1ccc(F)cc1. The first-order valence-corrected chi connectivity index (χ1v) is 23.9. The van der Waals surface area contributed by atoms with Crippen LogP contribution in [0, 0.1) is 18.7 Å². The predicted octanol–water partition coefficient (Wildman–Crippen LogP) is 16.9. The number of nitrogens with zero attached hydrogens (tertiary/aromatic N) is 2. The number of allylic oxidation sites excluding steroid dienone is 9. The first kappa shape index (κ1) is 47.8. The molecular weight excluding hydrogens is 848 g/mol. The average molecular weight is 911 g/mol. The first-order chi connectivity index (χ1) is 33.3. The highest BCUT2D eigenvalue weighted by atomic mass is 19.1. The van der Waals surface area contributed by atoms with Gasteiger partial charge in [0.25, 0.3) is 0 Å². The van der Waals surface area contributed by atoms with Gasteiger partial charge in [-0.05, 0) is 133 Å². The molecule has 2 aromatic heterocycles. The molecule has 0 fully saturated rings. The van der Waals surface area contributed by atoms with E-state index in [0.29, 0.717) is 24.3 Å². The molecule has 0 aliphatic heterocycles. The molecule has 1 aliphatic carbocycles. The second-order valence-electron chi connectivity index (χ2n) is 18.4. The zero-order chi connectivity index (χ0) is 49.1. The Hall–Kier alpha value is -7.63. The van der Waals surface area contributed by atoms with Gasteiger partial charge in [0.2, 0.25) is 0 Å². The largest absolute Gasteiger partial charge is 0.456 e. The first-order valence-electron chi connectivity index (χ1n) is 23.9. The summed E-state index contributed by atoms with van der Waals surface area (Å²) in [4.78, 5) is 4.54. The molecule has 5 heteroatoms. The summed E-state index contributed by atoms with van der Waals surface area (Å²) in [6, 6.07) is 32.4. The lowest BCUT2D eigenvalue weighted by Gasteiger charge is -2.29. The minimum absolute atomic E-state index is 0.256. The van der Waals surface area contributed by atoms with Crippen molar-refractivity contribution in [2.75, 3.05) is 16.3 Å². The molecule has 5 aromatic carbocycles. The van der Waals surface area contributed by atoms with Crippen LogP contribution in [-0.2, 0) is 6.42 Å².